The zero-order valence-corrected chi connectivity index (χ0v) is 17.5. The summed E-state index contributed by atoms with van der Waals surface area (Å²) in [6.45, 7) is 15.4. The van der Waals surface area contributed by atoms with Gasteiger partial charge in [-0.05, 0) is 33.7 Å². The van der Waals surface area contributed by atoms with E-state index in [2.05, 4.69) is 26.6 Å². The van der Waals surface area contributed by atoms with Crippen LogP contribution in [0, 0.1) is 0 Å². The first-order valence-corrected chi connectivity index (χ1v) is 10.6. The normalized spacial score (nSPS) is 25.6. The van der Waals surface area contributed by atoms with Crippen molar-refractivity contribution in [1.29, 1.82) is 0 Å². The van der Waals surface area contributed by atoms with Gasteiger partial charge in [0.25, 0.3) is 0 Å². The number of piperidine rings is 1. The van der Waals surface area contributed by atoms with E-state index in [9.17, 15) is 4.79 Å². The van der Waals surface area contributed by atoms with Crippen LogP contribution >= 0.6 is 0 Å². The highest BCUT2D eigenvalue weighted by Crippen LogP contribution is 2.25. The van der Waals surface area contributed by atoms with Crippen LogP contribution in [-0.2, 0) is 14.3 Å². The third-order valence-corrected chi connectivity index (χ3v) is 6.55. The topological polar surface area (TPSA) is 48.5 Å². The number of morpholine rings is 1. The van der Waals surface area contributed by atoms with Gasteiger partial charge in [0.2, 0.25) is 0 Å². The quantitative estimate of drug-likeness (QED) is 0.615. The van der Waals surface area contributed by atoms with E-state index in [1.54, 1.807) is 0 Å². The van der Waals surface area contributed by atoms with Crippen molar-refractivity contribution in [2.24, 2.45) is 0 Å². The average molecular weight is 383 g/mol. The summed E-state index contributed by atoms with van der Waals surface area (Å²) in [7, 11) is 2.20. The van der Waals surface area contributed by atoms with Gasteiger partial charge < -0.3 is 14.4 Å². The first-order valence-electron chi connectivity index (χ1n) is 10.6. The molecule has 0 atom stereocenters. The second-order valence-electron chi connectivity index (χ2n) is 8.71. The highest BCUT2D eigenvalue weighted by molar-refractivity contribution is 5.79. The lowest BCUT2D eigenvalue weighted by molar-refractivity contribution is -0.158. The molecule has 0 spiro atoms. The van der Waals surface area contributed by atoms with Crippen LogP contribution in [0.5, 0.6) is 0 Å². The lowest BCUT2D eigenvalue weighted by Crippen LogP contribution is -2.58. The summed E-state index contributed by atoms with van der Waals surface area (Å²) in [4.78, 5) is 22.4. The molecule has 7 heteroatoms. The molecular formula is C20H38N4O3. The molecule has 3 aliphatic rings. The summed E-state index contributed by atoms with van der Waals surface area (Å²) in [5.41, 5.74) is -0.544. The second-order valence-corrected chi connectivity index (χ2v) is 8.71. The number of esters is 1. The van der Waals surface area contributed by atoms with Gasteiger partial charge in [-0.2, -0.15) is 0 Å². The van der Waals surface area contributed by atoms with Gasteiger partial charge in [-0.3, -0.25) is 19.5 Å². The molecule has 0 aromatic rings. The van der Waals surface area contributed by atoms with Crippen LogP contribution in [0.4, 0.5) is 0 Å². The average Bonchev–Trinajstić information content (AvgIpc) is 2.69. The number of likely N-dealkylation sites (N-methyl/N-ethyl adjacent to an activating group) is 1. The van der Waals surface area contributed by atoms with Crippen LogP contribution in [0.1, 0.15) is 26.7 Å². The van der Waals surface area contributed by atoms with E-state index in [0.29, 0.717) is 12.6 Å². The Hall–Kier alpha value is -0.730. The molecule has 27 heavy (non-hydrogen) atoms. The Morgan fingerprint density at radius 3 is 2.26 bits per heavy atom. The van der Waals surface area contributed by atoms with Crippen molar-refractivity contribution >= 4 is 5.97 Å². The molecule has 0 aliphatic carbocycles. The lowest BCUT2D eigenvalue weighted by Gasteiger charge is -2.45. The summed E-state index contributed by atoms with van der Waals surface area (Å²) in [5, 5.41) is 0. The molecular weight excluding hydrogens is 344 g/mol. The van der Waals surface area contributed by atoms with E-state index >= 15 is 0 Å². The molecule has 0 saturated carbocycles. The minimum atomic E-state index is -0.544. The molecule has 3 rings (SSSR count). The minimum Gasteiger partial charge on any atom is -0.463 e. The van der Waals surface area contributed by atoms with E-state index in [1.807, 2.05) is 13.8 Å². The molecule has 0 unspecified atom stereocenters. The van der Waals surface area contributed by atoms with Gasteiger partial charge in [-0.1, -0.05) is 0 Å². The molecule has 0 aromatic heterocycles. The smallest absolute Gasteiger partial charge is 0.326 e. The summed E-state index contributed by atoms with van der Waals surface area (Å²) >= 11 is 0. The van der Waals surface area contributed by atoms with Gasteiger partial charge in [-0.25, -0.2) is 0 Å². The van der Waals surface area contributed by atoms with Gasteiger partial charge in [0.05, 0.1) is 13.2 Å². The van der Waals surface area contributed by atoms with Crippen molar-refractivity contribution in [2.45, 2.75) is 38.3 Å². The van der Waals surface area contributed by atoms with Crippen LogP contribution in [-0.4, -0.2) is 123 Å². The standard InChI is InChI=1S/C20H38N4O3/c1-20(2,19(25)27-17-14-22-12-15-26-16-13-22)24-6-4-18(5-7-24)23-10-8-21(3)9-11-23/h18H,4-17H2,1-3H3. The van der Waals surface area contributed by atoms with Crippen molar-refractivity contribution < 1.29 is 14.3 Å². The molecule has 0 bridgehead atoms. The number of piperazine rings is 1. The van der Waals surface area contributed by atoms with Crippen molar-refractivity contribution in [2.75, 3.05) is 85.8 Å². The Kier molecular flexibility index (Phi) is 7.50. The van der Waals surface area contributed by atoms with Crippen molar-refractivity contribution in [1.82, 2.24) is 19.6 Å². The van der Waals surface area contributed by atoms with E-state index < -0.39 is 5.54 Å². The van der Waals surface area contributed by atoms with Gasteiger partial charge in [0.15, 0.2) is 0 Å². The molecule has 7 nitrogen and oxygen atoms in total. The van der Waals surface area contributed by atoms with Gasteiger partial charge >= 0.3 is 5.97 Å². The summed E-state index contributed by atoms with van der Waals surface area (Å²) < 4.78 is 11.0. The van der Waals surface area contributed by atoms with Crippen molar-refractivity contribution in [3.8, 4) is 0 Å². The van der Waals surface area contributed by atoms with Crippen LogP contribution in [0.3, 0.4) is 0 Å². The summed E-state index contributed by atoms with van der Waals surface area (Å²) in [6, 6.07) is 0.670. The van der Waals surface area contributed by atoms with Gasteiger partial charge in [0.1, 0.15) is 12.1 Å². The molecule has 3 aliphatic heterocycles. The van der Waals surface area contributed by atoms with Crippen molar-refractivity contribution in [3.63, 3.8) is 0 Å². The van der Waals surface area contributed by atoms with E-state index in [0.717, 1.165) is 58.8 Å². The molecule has 3 heterocycles. The van der Waals surface area contributed by atoms with E-state index in [4.69, 9.17) is 9.47 Å². The molecule has 0 amide bonds. The monoisotopic (exact) mass is 382 g/mol. The zero-order chi connectivity index (χ0) is 19.3. The molecule has 0 radical (unpaired) electrons. The molecule has 156 valence electrons. The largest absolute Gasteiger partial charge is 0.463 e. The fourth-order valence-corrected chi connectivity index (χ4v) is 4.38. The van der Waals surface area contributed by atoms with Crippen molar-refractivity contribution in [3.05, 3.63) is 0 Å². The molecule has 0 N–H and O–H groups in total. The number of hydrogen-bond acceptors (Lipinski definition) is 7. The Balaban J connectivity index is 1.39. The fraction of sp³-hybridized carbons (Fsp3) is 0.950. The molecule has 3 saturated heterocycles. The fourth-order valence-electron chi connectivity index (χ4n) is 4.38. The Morgan fingerprint density at radius 2 is 1.63 bits per heavy atom. The first kappa shape index (κ1) is 21.0. The van der Waals surface area contributed by atoms with Gasteiger partial charge in [0, 0.05) is 64.9 Å². The number of hydrogen-bond donors (Lipinski definition) is 0. The molecule has 0 aromatic carbocycles. The third-order valence-electron chi connectivity index (χ3n) is 6.55. The second kappa shape index (κ2) is 9.65. The Bertz CT molecular complexity index is 466. The maximum atomic E-state index is 12.7. The van der Waals surface area contributed by atoms with Crippen LogP contribution in [0.2, 0.25) is 0 Å². The lowest BCUT2D eigenvalue weighted by atomic mass is 9.95. The predicted octanol–water partition coefficient (Wildman–Crippen LogP) is 0.352. The van der Waals surface area contributed by atoms with Gasteiger partial charge in [-0.15, -0.1) is 0 Å². The Morgan fingerprint density at radius 1 is 1.00 bits per heavy atom. The zero-order valence-electron chi connectivity index (χ0n) is 17.5. The van der Waals surface area contributed by atoms with Crippen LogP contribution in [0.15, 0.2) is 0 Å². The number of ether oxygens (including phenoxy) is 2. The maximum Gasteiger partial charge on any atom is 0.326 e. The predicted molar refractivity (Wildman–Crippen MR) is 106 cm³/mol. The number of nitrogens with zero attached hydrogens (tertiary/aromatic N) is 4. The Labute approximate surface area is 164 Å². The van der Waals surface area contributed by atoms with E-state index in [-0.39, 0.29) is 5.97 Å². The van der Waals surface area contributed by atoms with E-state index in [1.165, 1.54) is 26.2 Å². The minimum absolute atomic E-state index is 0.0891. The number of rotatable bonds is 6. The number of carbonyl (C=O) groups excluding carboxylic acids is 1. The summed E-state index contributed by atoms with van der Waals surface area (Å²) in [6.07, 6.45) is 2.29. The number of carbonyl (C=O) groups is 1. The third kappa shape index (κ3) is 5.64. The highest BCUT2D eigenvalue weighted by atomic mass is 16.5. The van der Waals surface area contributed by atoms with Crippen LogP contribution in [0.25, 0.3) is 0 Å². The highest BCUT2D eigenvalue weighted by Gasteiger charge is 2.39. The SMILES string of the molecule is CN1CCN(C2CCN(C(C)(C)C(=O)OCCN3CCOCC3)CC2)CC1. The first-order chi connectivity index (χ1) is 13.0. The number of likely N-dealkylation sites (tertiary alicyclic amines) is 1. The molecule has 3 fully saturated rings. The maximum absolute atomic E-state index is 12.7. The summed E-state index contributed by atoms with van der Waals surface area (Å²) in [5.74, 6) is -0.0891. The van der Waals surface area contributed by atoms with Crippen LogP contribution < -0.4 is 0 Å².